The number of methoxy groups -OCH3 is 1. The van der Waals surface area contributed by atoms with Gasteiger partial charge in [-0.2, -0.15) is 0 Å². The fourth-order valence-corrected chi connectivity index (χ4v) is 6.17. The second-order valence-electron chi connectivity index (χ2n) is 11.4. The van der Waals surface area contributed by atoms with E-state index in [2.05, 4.69) is 27.0 Å². The Balaban J connectivity index is 1.03. The summed E-state index contributed by atoms with van der Waals surface area (Å²) >= 11 is 0. The Labute approximate surface area is 235 Å². The minimum absolute atomic E-state index is 0.0577. The molecule has 40 heavy (non-hydrogen) atoms. The van der Waals surface area contributed by atoms with Crippen LogP contribution in [0.1, 0.15) is 48.7 Å². The van der Waals surface area contributed by atoms with Gasteiger partial charge in [-0.05, 0) is 68.5 Å². The van der Waals surface area contributed by atoms with Crippen LogP contribution < -0.4 is 14.8 Å². The minimum Gasteiger partial charge on any atom is -0.497 e. The summed E-state index contributed by atoms with van der Waals surface area (Å²) in [5.74, 6) is 2.25. The lowest BCUT2D eigenvalue weighted by Crippen LogP contribution is -2.47. The molecule has 2 N–H and O–H groups in total. The normalized spacial score (nSPS) is 19.3. The lowest BCUT2D eigenvalue weighted by Gasteiger charge is -2.36. The lowest BCUT2D eigenvalue weighted by molar-refractivity contribution is 0.0898. The number of aromatic nitrogens is 1. The number of benzene rings is 2. The van der Waals surface area contributed by atoms with Crippen molar-refractivity contribution in [2.45, 2.75) is 45.3 Å². The minimum atomic E-state index is -0.0577. The molecule has 2 fully saturated rings. The number of rotatable bonds is 9. The molecule has 1 unspecified atom stereocenters. The number of nitrogens with one attached hydrogen (secondary N) is 2. The molecule has 0 radical (unpaired) electrons. The predicted molar refractivity (Wildman–Crippen MR) is 157 cm³/mol. The van der Waals surface area contributed by atoms with E-state index in [-0.39, 0.29) is 11.9 Å². The second-order valence-corrected chi connectivity index (χ2v) is 11.4. The molecule has 0 saturated carbocycles. The van der Waals surface area contributed by atoms with Crippen molar-refractivity contribution in [3.05, 3.63) is 60.0 Å². The molecule has 2 aliphatic heterocycles. The van der Waals surface area contributed by atoms with Gasteiger partial charge in [0, 0.05) is 66.7 Å². The SMILES string of the molecule is COc1ccc2c(COc3cccc4[nH]c(C(=O)NC5CCN(CCN6CCCC(C)C6)CC5)cc34)coc2c1. The summed E-state index contributed by atoms with van der Waals surface area (Å²) in [6, 6.07) is 13.7. The first-order valence-electron chi connectivity index (χ1n) is 14.6. The van der Waals surface area contributed by atoms with Crippen molar-refractivity contribution < 1.29 is 18.7 Å². The zero-order valence-electron chi connectivity index (χ0n) is 23.6. The highest BCUT2D eigenvalue weighted by Crippen LogP contribution is 2.30. The number of amides is 1. The topological polar surface area (TPSA) is 83.0 Å². The highest BCUT2D eigenvalue weighted by Gasteiger charge is 2.23. The van der Waals surface area contributed by atoms with E-state index in [4.69, 9.17) is 13.9 Å². The molecular formula is C32H40N4O4. The number of ether oxygens (including phenoxy) is 2. The fraction of sp³-hybridized carbons (Fsp3) is 0.469. The zero-order valence-corrected chi connectivity index (χ0v) is 23.6. The molecule has 2 saturated heterocycles. The van der Waals surface area contributed by atoms with Gasteiger partial charge in [0.2, 0.25) is 0 Å². The van der Waals surface area contributed by atoms with Gasteiger partial charge in [0.25, 0.3) is 5.91 Å². The van der Waals surface area contributed by atoms with E-state index in [1.54, 1.807) is 13.4 Å². The summed E-state index contributed by atoms with van der Waals surface area (Å²) in [5.41, 5.74) is 3.17. The third-order valence-electron chi connectivity index (χ3n) is 8.51. The van der Waals surface area contributed by atoms with Crippen molar-refractivity contribution in [3.8, 4) is 11.5 Å². The molecule has 1 atom stereocenters. The molecule has 2 aliphatic rings. The van der Waals surface area contributed by atoms with Gasteiger partial charge in [-0.15, -0.1) is 0 Å². The average Bonchev–Trinajstić information content (AvgIpc) is 3.60. The average molecular weight is 545 g/mol. The third kappa shape index (κ3) is 5.98. The third-order valence-corrected chi connectivity index (χ3v) is 8.51. The number of furan rings is 1. The fourth-order valence-electron chi connectivity index (χ4n) is 6.17. The maximum atomic E-state index is 13.2. The zero-order chi connectivity index (χ0) is 27.5. The Kier molecular flexibility index (Phi) is 7.98. The molecule has 8 nitrogen and oxygen atoms in total. The standard InChI is InChI=1S/C32H40N4O4/c1-22-5-4-12-36(19-22)16-15-35-13-10-24(11-14-35)33-32(37)29-18-27-28(34-29)6-3-7-30(27)39-20-23-21-40-31-17-25(38-2)8-9-26(23)31/h3,6-9,17-18,21-22,24,34H,4-5,10-16,19-20H2,1-2H3,(H,33,37). The summed E-state index contributed by atoms with van der Waals surface area (Å²) in [6.07, 6.45) is 6.39. The molecule has 1 amide bonds. The molecule has 2 aromatic carbocycles. The molecule has 4 aromatic rings. The van der Waals surface area contributed by atoms with Crippen molar-refractivity contribution in [2.75, 3.05) is 46.4 Å². The largest absolute Gasteiger partial charge is 0.497 e. The van der Waals surface area contributed by atoms with Crippen LogP contribution in [0.5, 0.6) is 11.5 Å². The van der Waals surface area contributed by atoms with Crippen molar-refractivity contribution in [2.24, 2.45) is 5.92 Å². The van der Waals surface area contributed by atoms with E-state index in [0.29, 0.717) is 12.3 Å². The highest BCUT2D eigenvalue weighted by molar-refractivity contribution is 5.99. The second kappa shape index (κ2) is 11.9. The van der Waals surface area contributed by atoms with Crippen LogP contribution in [0.3, 0.4) is 0 Å². The molecule has 0 aliphatic carbocycles. The van der Waals surface area contributed by atoms with Gasteiger partial charge in [0.1, 0.15) is 29.4 Å². The van der Waals surface area contributed by atoms with Crippen LogP contribution in [0.25, 0.3) is 21.9 Å². The summed E-state index contributed by atoms with van der Waals surface area (Å²) in [5, 5.41) is 5.15. The van der Waals surface area contributed by atoms with Crippen LogP contribution in [0, 0.1) is 5.92 Å². The molecule has 4 heterocycles. The van der Waals surface area contributed by atoms with Crippen molar-refractivity contribution in [3.63, 3.8) is 0 Å². The van der Waals surface area contributed by atoms with E-state index in [1.165, 1.54) is 25.9 Å². The Morgan fingerprint density at radius 1 is 1.05 bits per heavy atom. The van der Waals surface area contributed by atoms with E-state index in [9.17, 15) is 4.79 Å². The molecule has 0 bridgehead atoms. The van der Waals surface area contributed by atoms with Crippen LogP contribution in [0.15, 0.2) is 53.1 Å². The van der Waals surface area contributed by atoms with Gasteiger partial charge < -0.3 is 34.0 Å². The molecule has 0 spiro atoms. The number of piperidine rings is 2. The Bertz CT molecular complexity index is 1450. The summed E-state index contributed by atoms with van der Waals surface area (Å²) in [4.78, 5) is 21.6. The number of nitrogens with zero attached hydrogens (tertiary/aromatic N) is 2. The van der Waals surface area contributed by atoms with Crippen molar-refractivity contribution in [1.82, 2.24) is 20.1 Å². The van der Waals surface area contributed by atoms with Gasteiger partial charge in [-0.3, -0.25) is 4.79 Å². The van der Waals surface area contributed by atoms with Crippen molar-refractivity contribution >= 4 is 27.8 Å². The Hall–Kier alpha value is -3.49. The van der Waals surface area contributed by atoms with Crippen LogP contribution in [-0.2, 0) is 6.61 Å². The Morgan fingerprint density at radius 2 is 1.90 bits per heavy atom. The van der Waals surface area contributed by atoms with E-state index >= 15 is 0 Å². The van der Waals surface area contributed by atoms with E-state index in [0.717, 1.165) is 83.9 Å². The maximum Gasteiger partial charge on any atom is 0.267 e. The van der Waals surface area contributed by atoms with E-state index < -0.39 is 0 Å². The maximum absolute atomic E-state index is 13.2. The van der Waals surface area contributed by atoms with Gasteiger partial charge in [0.15, 0.2) is 0 Å². The van der Waals surface area contributed by atoms with Crippen LogP contribution in [0.2, 0.25) is 0 Å². The molecule has 8 heteroatoms. The van der Waals surface area contributed by atoms with Crippen LogP contribution >= 0.6 is 0 Å². The highest BCUT2D eigenvalue weighted by atomic mass is 16.5. The molecule has 212 valence electrons. The first-order chi connectivity index (χ1) is 19.6. The van der Waals surface area contributed by atoms with Crippen molar-refractivity contribution in [1.29, 1.82) is 0 Å². The smallest absolute Gasteiger partial charge is 0.267 e. The number of fused-ring (bicyclic) bond motifs is 2. The number of carbonyl (C=O) groups excluding carboxylic acids is 1. The predicted octanol–water partition coefficient (Wildman–Crippen LogP) is 5.43. The number of aromatic amines is 1. The van der Waals surface area contributed by atoms with Crippen LogP contribution in [-0.4, -0.2) is 73.1 Å². The number of carbonyl (C=O) groups is 1. The first kappa shape index (κ1) is 26.7. The van der Waals surface area contributed by atoms with Gasteiger partial charge in [-0.1, -0.05) is 13.0 Å². The quantitative estimate of drug-likeness (QED) is 0.293. The summed E-state index contributed by atoms with van der Waals surface area (Å²) in [6.45, 7) is 9.56. The molecule has 6 rings (SSSR count). The monoisotopic (exact) mass is 544 g/mol. The number of hydrogen-bond donors (Lipinski definition) is 2. The summed E-state index contributed by atoms with van der Waals surface area (Å²) < 4.78 is 17.2. The molecule has 2 aromatic heterocycles. The molecular weight excluding hydrogens is 504 g/mol. The number of hydrogen-bond acceptors (Lipinski definition) is 6. The summed E-state index contributed by atoms with van der Waals surface area (Å²) in [7, 11) is 1.64. The van der Waals surface area contributed by atoms with Gasteiger partial charge in [-0.25, -0.2) is 0 Å². The lowest BCUT2D eigenvalue weighted by atomic mass is 10.0. The number of likely N-dealkylation sites (tertiary alicyclic amines) is 2. The van der Waals surface area contributed by atoms with Gasteiger partial charge >= 0.3 is 0 Å². The van der Waals surface area contributed by atoms with Gasteiger partial charge in [0.05, 0.1) is 13.4 Å². The first-order valence-corrected chi connectivity index (χ1v) is 14.6. The van der Waals surface area contributed by atoms with E-state index in [1.807, 2.05) is 42.5 Å². The Morgan fingerprint density at radius 3 is 2.73 bits per heavy atom. The van der Waals surface area contributed by atoms with Crippen LogP contribution in [0.4, 0.5) is 0 Å². The number of H-pyrrole nitrogens is 1.